The standard InChI is InChI=1S/C10H18N4O3S/c1-10(2,15)7-14(3)18(16,17)9-6-12-5-4-8(9)13-11/h4-6,15H,7,11H2,1-3H3,(H,12,13). The Morgan fingerprint density at radius 3 is 2.67 bits per heavy atom. The molecule has 18 heavy (non-hydrogen) atoms. The van der Waals surface area contributed by atoms with Gasteiger partial charge in [-0.2, -0.15) is 4.31 Å². The van der Waals surface area contributed by atoms with E-state index in [0.29, 0.717) is 0 Å². The summed E-state index contributed by atoms with van der Waals surface area (Å²) in [4.78, 5) is 3.75. The van der Waals surface area contributed by atoms with Crippen molar-refractivity contribution in [3.05, 3.63) is 18.5 Å². The minimum absolute atomic E-state index is 0.0285. The smallest absolute Gasteiger partial charge is 0.246 e. The molecular weight excluding hydrogens is 256 g/mol. The van der Waals surface area contributed by atoms with E-state index in [4.69, 9.17) is 5.84 Å². The highest BCUT2D eigenvalue weighted by Gasteiger charge is 2.28. The van der Waals surface area contributed by atoms with Crippen LogP contribution in [0.4, 0.5) is 5.69 Å². The summed E-state index contributed by atoms with van der Waals surface area (Å²) in [6, 6.07) is 1.46. The number of nitrogens with two attached hydrogens (primary N) is 1. The normalized spacial score (nSPS) is 12.8. The third-order valence-electron chi connectivity index (χ3n) is 2.24. The van der Waals surface area contributed by atoms with Crippen LogP contribution < -0.4 is 11.3 Å². The van der Waals surface area contributed by atoms with Gasteiger partial charge in [0.05, 0.1) is 11.3 Å². The zero-order valence-electron chi connectivity index (χ0n) is 10.6. The molecule has 0 saturated carbocycles. The molecule has 1 aromatic heterocycles. The van der Waals surface area contributed by atoms with Crippen molar-refractivity contribution >= 4 is 15.7 Å². The number of hydrogen-bond acceptors (Lipinski definition) is 6. The van der Waals surface area contributed by atoms with Crippen LogP contribution >= 0.6 is 0 Å². The van der Waals surface area contributed by atoms with Crippen molar-refractivity contribution in [1.82, 2.24) is 9.29 Å². The maximum absolute atomic E-state index is 12.3. The number of pyridine rings is 1. The predicted octanol–water partition coefficient (Wildman–Crippen LogP) is -0.241. The molecule has 0 bridgehead atoms. The van der Waals surface area contributed by atoms with Gasteiger partial charge in [-0.05, 0) is 19.9 Å². The minimum atomic E-state index is -3.75. The lowest BCUT2D eigenvalue weighted by Gasteiger charge is -2.25. The third kappa shape index (κ3) is 3.39. The Balaban J connectivity index is 3.14. The van der Waals surface area contributed by atoms with Crippen molar-refractivity contribution in [2.24, 2.45) is 5.84 Å². The Bertz CT molecular complexity index is 510. The molecule has 8 heteroatoms. The van der Waals surface area contributed by atoms with E-state index in [9.17, 15) is 13.5 Å². The first-order valence-electron chi connectivity index (χ1n) is 5.28. The predicted molar refractivity (Wildman–Crippen MR) is 68.2 cm³/mol. The zero-order valence-corrected chi connectivity index (χ0v) is 11.4. The molecule has 1 heterocycles. The van der Waals surface area contributed by atoms with Crippen molar-refractivity contribution in [1.29, 1.82) is 0 Å². The Morgan fingerprint density at radius 2 is 2.17 bits per heavy atom. The van der Waals surface area contributed by atoms with Crippen molar-refractivity contribution in [2.45, 2.75) is 24.3 Å². The number of aliphatic hydroxyl groups is 1. The van der Waals surface area contributed by atoms with Crippen LogP contribution in [0.2, 0.25) is 0 Å². The van der Waals surface area contributed by atoms with E-state index in [1.54, 1.807) is 0 Å². The molecule has 0 radical (unpaired) electrons. The van der Waals surface area contributed by atoms with Gasteiger partial charge in [0.15, 0.2) is 0 Å². The van der Waals surface area contributed by atoms with E-state index >= 15 is 0 Å². The maximum Gasteiger partial charge on any atom is 0.246 e. The second-order valence-electron chi connectivity index (χ2n) is 4.59. The largest absolute Gasteiger partial charge is 0.389 e. The van der Waals surface area contributed by atoms with Crippen molar-refractivity contribution in [3.8, 4) is 0 Å². The highest BCUT2D eigenvalue weighted by Crippen LogP contribution is 2.22. The highest BCUT2D eigenvalue weighted by atomic mass is 32.2. The molecule has 0 aliphatic heterocycles. The zero-order chi connectivity index (χ0) is 14.0. The van der Waals surface area contributed by atoms with E-state index in [2.05, 4.69) is 10.4 Å². The van der Waals surface area contributed by atoms with Gasteiger partial charge in [0.1, 0.15) is 4.90 Å². The van der Waals surface area contributed by atoms with Gasteiger partial charge in [-0.25, -0.2) is 8.42 Å². The fourth-order valence-corrected chi connectivity index (χ4v) is 2.92. The van der Waals surface area contributed by atoms with Crippen LogP contribution in [0, 0.1) is 0 Å². The molecule has 0 aliphatic carbocycles. The van der Waals surface area contributed by atoms with Crippen LogP contribution in [0.5, 0.6) is 0 Å². The lowest BCUT2D eigenvalue weighted by atomic mass is 10.1. The third-order valence-corrected chi connectivity index (χ3v) is 4.07. The molecule has 0 atom stereocenters. The maximum atomic E-state index is 12.3. The number of aromatic nitrogens is 1. The number of likely N-dealkylation sites (N-methyl/N-ethyl adjacent to an activating group) is 1. The molecule has 1 aromatic rings. The first-order chi connectivity index (χ1) is 8.18. The molecule has 1 rings (SSSR count). The molecule has 7 nitrogen and oxygen atoms in total. The molecular formula is C10H18N4O3S. The Kier molecular flexibility index (Phi) is 4.28. The topological polar surface area (TPSA) is 109 Å². The lowest BCUT2D eigenvalue weighted by Crippen LogP contribution is -2.40. The number of hydrazine groups is 1. The minimum Gasteiger partial charge on any atom is -0.389 e. The molecule has 0 aliphatic rings. The SMILES string of the molecule is CN(CC(C)(C)O)S(=O)(=O)c1cnccc1NN. The molecule has 0 spiro atoms. The van der Waals surface area contributed by atoms with Crippen LogP contribution in [0.25, 0.3) is 0 Å². The summed E-state index contributed by atoms with van der Waals surface area (Å²) < 4.78 is 25.6. The summed E-state index contributed by atoms with van der Waals surface area (Å²) in [5.41, 5.74) is 1.44. The van der Waals surface area contributed by atoms with Crippen molar-refractivity contribution in [2.75, 3.05) is 19.0 Å². The summed E-state index contributed by atoms with van der Waals surface area (Å²) in [6.07, 6.45) is 2.65. The van der Waals surface area contributed by atoms with Crippen LogP contribution in [0.15, 0.2) is 23.4 Å². The van der Waals surface area contributed by atoms with E-state index in [0.717, 1.165) is 4.31 Å². The number of anilines is 1. The number of rotatable bonds is 5. The molecule has 4 N–H and O–H groups in total. The molecule has 0 saturated heterocycles. The van der Waals surface area contributed by atoms with Crippen molar-refractivity contribution in [3.63, 3.8) is 0 Å². The molecule has 0 aromatic carbocycles. The highest BCUT2D eigenvalue weighted by molar-refractivity contribution is 7.89. The van der Waals surface area contributed by atoms with Crippen LogP contribution in [0.3, 0.4) is 0 Å². The Hall–Kier alpha value is -1.22. The summed E-state index contributed by atoms with van der Waals surface area (Å²) in [5, 5.41) is 9.66. The average molecular weight is 274 g/mol. The van der Waals surface area contributed by atoms with E-state index < -0.39 is 15.6 Å². The van der Waals surface area contributed by atoms with Crippen LogP contribution in [-0.4, -0.2) is 42.0 Å². The average Bonchev–Trinajstić information content (AvgIpc) is 2.26. The van der Waals surface area contributed by atoms with E-state index in [1.807, 2.05) is 0 Å². The van der Waals surface area contributed by atoms with Gasteiger partial charge in [0.25, 0.3) is 0 Å². The summed E-state index contributed by atoms with van der Waals surface area (Å²) in [6.45, 7) is 3.03. The molecule has 102 valence electrons. The number of nitrogens with zero attached hydrogens (tertiary/aromatic N) is 2. The monoisotopic (exact) mass is 274 g/mol. The molecule has 0 fully saturated rings. The van der Waals surface area contributed by atoms with Gasteiger partial charge >= 0.3 is 0 Å². The number of sulfonamides is 1. The van der Waals surface area contributed by atoms with E-state index in [1.165, 1.54) is 39.4 Å². The summed E-state index contributed by atoms with van der Waals surface area (Å²) in [5.74, 6) is 5.26. The van der Waals surface area contributed by atoms with Gasteiger partial charge in [-0.1, -0.05) is 0 Å². The van der Waals surface area contributed by atoms with Gasteiger partial charge < -0.3 is 10.5 Å². The first-order valence-corrected chi connectivity index (χ1v) is 6.72. The van der Waals surface area contributed by atoms with Gasteiger partial charge in [0, 0.05) is 26.0 Å². The van der Waals surface area contributed by atoms with E-state index in [-0.39, 0.29) is 17.1 Å². The number of nitrogens with one attached hydrogen (secondary N) is 1. The Morgan fingerprint density at radius 1 is 1.56 bits per heavy atom. The van der Waals surface area contributed by atoms with Gasteiger partial charge in [0.2, 0.25) is 10.0 Å². The van der Waals surface area contributed by atoms with Gasteiger partial charge in [-0.15, -0.1) is 0 Å². The number of hydrogen-bond donors (Lipinski definition) is 3. The quantitative estimate of drug-likeness (QED) is 0.505. The van der Waals surface area contributed by atoms with Crippen molar-refractivity contribution < 1.29 is 13.5 Å². The van der Waals surface area contributed by atoms with Crippen LogP contribution in [0.1, 0.15) is 13.8 Å². The van der Waals surface area contributed by atoms with Crippen LogP contribution in [-0.2, 0) is 10.0 Å². The second-order valence-corrected chi connectivity index (χ2v) is 6.60. The second kappa shape index (κ2) is 5.19. The Labute approximate surface area is 107 Å². The molecule has 0 amide bonds. The fraction of sp³-hybridized carbons (Fsp3) is 0.500. The van der Waals surface area contributed by atoms with Gasteiger partial charge in [-0.3, -0.25) is 10.8 Å². The fourth-order valence-electron chi connectivity index (χ4n) is 1.50. The number of nitrogen functional groups attached to an aromatic ring is 1. The summed E-state index contributed by atoms with van der Waals surface area (Å²) in [7, 11) is -2.36. The summed E-state index contributed by atoms with van der Waals surface area (Å²) >= 11 is 0. The molecule has 0 unspecified atom stereocenters. The first kappa shape index (κ1) is 14.8. The lowest BCUT2D eigenvalue weighted by molar-refractivity contribution is 0.0640.